The van der Waals surface area contributed by atoms with Crippen LogP contribution in [0.25, 0.3) is 0 Å². The predicted octanol–water partition coefficient (Wildman–Crippen LogP) is 4.86. The molecule has 20 heavy (non-hydrogen) atoms. The summed E-state index contributed by atoms with van der Waals surface area (Å²) >= 11 is 9.73. The quantitative estimate of drug-likeness (QED) is 0.851. The fraction of sp³-hybridized carbons (Fsp3) is 0.250. The van der Waals surface area contributed by atoms with Crippen molar-refractivity contribution in [2.45, 2.75) is 19.9 Å². The Labute approximate surface area is 133 Å². The van der Waals surface area contributed by atoms with E-state index in [2.05, 4.69) is 15.9 Å². The van der Waals surface area contributed by atoms with Crippen molar-refractivity contribution in [1.29, 1.82) is 0 Å². The zero-order chi connectivity index (χ0) is 14.7. The number of benzene rings is 2. The van der Waals surface area contributed by atoms with Crippen LogP contribution < -0.4 is 10.5 Å². The van der Waals surface area contributed by atoms with Gasteiger partial charge in [-0.1, -0.05) is 45.7 Å². The van der Waals surface area contributed by atoms with Crippen LogP contribution in [-0.4, -0.2) is 6.61 Å². The standard InChI is InChI=1S/C16H17BrClNO/c1-3-20-11-7-8-13(14(17)9-11)16(19)12-5-4-6-15(18)10(12)2/h4-9,16H,3,19H2,1-2H3. The summed E-state index contributed by atoms with van der Waals surface area (Å²) in [6.45, 7) is 4.59. The maximum atomic E-state index is 6.38. The lowest BCUT2D eigenvalue weighted by molar-refractivity contribution is 0.340. The first-order valence-electron chi connectivity index (χ1n) is 6.47. The molecule has 0 heterocycles. The maximum Gasteiger partial charge on any atom is 0.120 e. The number of hydrogen-bond acceptors (Lipinski definition) is 2. The molecule has 2 N–H and O–H groups in total. The lowest BCUT2D eigenvalue weighted by Gasteiger charge is -2.18. The van der Waals surface area contributed by atoms with Crippen LogP contribution in [0.15, 0.2) is 40.9 Å². The fourth-order valence-electron chi connectivity index (χ4n) is 2.15. The van der Waals surface area contributed by atoms with Crippen LogP contribution in [0.3, 0.4) is 0 Å². The molecular weight excluding hydrogens is 338 g/mol. The Hall–Kier alpha value is -1.03. The topological polar surface area (TPSA) is 35.2 Å². The van der Waals surface area contributed by atoms with E-state index in [1.165, 1.54) is 0 Å². The van der Waals surface area contributed by atoms with Gasteiger partial charge >= 0.3 is 0 Å². The molecule has 1 atom stereocenters. The third kappa shape index (κ3) is 3.17. The Morgan fingerprint density at radius 1 is 1.25 bits per heavy atom. The second-order valence-electron chi connectivity index (χ2n) is 4.55. The minimum Gasteiger partial charge on any atom is -0.494 e. The third-order valence-corrected chi connectivity index (χ3v) is 4.36. The molecule has 2 rings (SSSR count). The molecule has 0 aliphatic carbocycles. The van der Waals surface area contributed by atoms with E-state index in [-0.39, 0.29) is 6.04 Å². The van der Waals surface area contributed by atoms with Gasteiger partial charge < -0.3 is 10.5 Å². The normalized spacial score (nSPS) is 12.2. The van der Waals surface area contributed by atoms with Gasteiger partial charge in [0.25, 0.3) is 0 Å². The molecule has 2 nitrogen and oxygen atoms in total. The molecule has 0 aliphatic heterocycles. The van der Waals surface area contributed by atoms with Gasteiger partial charge in [-0.15, -0.1) is 0 Å². The molecule has 106 valence electrons. The molecule has 4 heteroatoms. The first-order valence-corrected chi connectivity index (χ1v) is 7.64. The minimum atomic E-state index is -0.223. The van der Waals surface area contributed by atoms with Crippen molar-refractivity contribution in [3.8, 4) is 5.75 Å². The van der Waals surface area contributed by atoms with Gasteiger partial charge in [0.1, 0.15) is 5.75 Å². The highest BCUT2D eigenvalue weighted by Crippen LogP contribution is 2.33. The van der Waals surface area contributed by atoms with Crippen LogP contribution >= 0.6 is 27.5 Å². The van der Waals surface area contributed by atoms with Crippen LogP contribution in [0.4, 0.5) is 0 Å². The summed E-state index contributed by atoms with van der Waals surface area (Å²) in [5.74, 6) is 0.832. The van der Waals surface area contributed by atoms with E-state index in [0.717, 1.165) is 31.9 Å². The first kappa shape index (κ1) is 15.4. The second-order valence-corrected chi connectivity index (χ2v) is 5.81. The molecule has 0 bridgehead atoms. The number of ether oxygens (including phenoxy) is 1. The molecule has 2 aromatic rings. The largest absolute Gasteiger partial charge is 0.494 e. The van der Waals surface area contributed by atoms with Gasteiger partial charge in [-0.3, -0.25) is 0 Å². The van der Waals surface area contributed by atoms with Crippen LogP contribution in [0.2, 0.25) is 5.02 Å². The first-order chi connectivity index (χ1) is 9.54. The Morgan fingerprint density at radius 3 is 2.65 bits per heavy atom. The predicted molar refractivity (Wildman–Crippen MR) is 87.5 cm³/mol. The average molecular weight is 355 g/mol. The van der Waals surface area contributed by atoms with Gasteiger partial charge in [0.15, 0.2) is 0 Å². The van der Waals surface area contributed by atoms with Crippen LogP contribution in [0.5, 0.6) is 5.75 Å². The summed E-state index contributed by atoms with van der Waals surface area (Å²) in [4.78, 5) is 0. The van der Waals surface area contributed by atoms with Gasteiger partial charge in [-0.2, -0.15) is 0 Å². The Kier molecular flexibility index (Phi) is 5.08. The number of nitrogens with two attached hydrogens (primary N) is 1. The summed E-state index contributed by atoms with van der Waals surface area (Å²) in [5.41, 5.74) is 9.44. The number of halogens is 2. The van der Waals surface area contributed by atoms with Crippen molar-refractivity contribution >= 4 is 27.5 Å². The molecule has 0 aromatic heterocycles. The van der Waals surface area contributed by atoms with Gasteiger partial charge in [0.2, 0.25) is 0 Å². The summed E-state index contributed by atoms with van der Waals surface area (Å²) < 4.78 is 6.42. The zero-order valence-corrected chi connectivity index (χ0v) is 13.8. The van der Waals surface area contributed by atoms with Crippen molar-refractivity contribution in [2.75, 3.05) is 6.61 Å². The van der Waals surface area contributed by atoms with Gasteiger partial charge in [-0.05, 0) is 48.7 Å². The van der Waals surface area contributed by atoms with Gasteiger partial charge in [0.05, 0.1) is 12.6 Å². The monoisotopic (exact) mass is 353 g/mol. The summed E-state index contributed by atoms with van der Waals surface area (Å²) in [6.07, 6.45) is 0. The Balaban J connectivity index is 2.38. The van der Waals surface area contributed by atoms with E-state index >= 15 is 0 Å². The molecule has 2 aromatic carbocycles. The smallest absolute Gasteiger partial charge is 0.120 e. The van der Waals surface area contributed by atoms with Crippen molar-refractivity contribution in [3.05, 3.63) is 62.6 Å². The molecule has 0 fully saturated rings. The molecule has 0 saturated carbocycles. The van der Waals surface area contributed by atoms with Crippen LogP contribution in [0.1, 0.15) is 29.7 Å². The molecule has 0 aliphatic rings. The van der Waals surface area contributed by atoms with Crippen molar-refractivity contribution < 1.29 is 4.74 Å². The Morgan fingerprint density at radius 2 is 2.00 bits per heavy atom. The molecule has 0 saturated heterocycles. The lowest BCUT2D eigenvalue weighted by Crippen LogP contribution is -2.14. The maximum absolute atomic E-state index is 6.38. The highest BCUT2D eigenvalue weighted by Gasteiger charge is 2.16. The van der Waals surface area contributed by atoms with Crippen molar-refractivity contribution in [3.63, 3.8) is 0 Å². The highest BCUT2D eigenvalue weighted by molar-refractivity contribution is 9.10. The molecule has 0 spiro atoms. The van der Waals surface area contributed by atoms with E-state index in [9.17, 15) is 0 Å². The molecule has 0 radical (unpaired) electrons. The second kappa shape index (κ2) is 6.61. The van der Waals surface area contributed by atoms with Crippen molar-refractivity contribution in [1.82, 2.24) is 0 Å². The minimum absolute atomic E-state index is 0.223. The van der Waals surface area contributed by atoms with Gasteiger partial charge in [0, 0.05) is 9.50 Å². The summed E-state index contributed by atoms with van der Waals surface area (Å²) in [5, 5.41) is 0.736. The zero-order valence-electron chi connectivity index (χ0n) is 11.5. The molecular formula is C16H17BrClNO. The Bertz CT molecular complexity index is 615. The summed E-state index contributed by atoms with van der Waals surface area (Å²) in [7, 11) is 0. The summed E-state index contributed by atoms with van der Waals surface area (Å²) in [6, 6.07) is 11.4. The van der Waals surface area contributed by atoms with E-state index in [1.54, 1.807) is 0 Å². The molecule has 1 unspecified atom stereocenters. The third-order valence-electron chi connectivity index (χ3n) is 3.26. The lowest BCUT2D eigenvalue weighted by atomic mass is 9.96. The van der Waals surface area contributed by atoms with E-state index < -0.39 is 0 Å². The van der Waals surface area contributed by atoms with Gasteiger partial charge in [-0.25, -0.2) is 0 Å². The number of hydrogen-bond donors (Lipinski definition) is 1. The fourth-order valence-corrected chi connectivity index (χ4v) is 2.93. The van der Waals surface area contributed by atoms with E-state index in [1.807, 2.05) is 50.2 Å². The average Bonchev–Trinajstić information content (AvgIpc) is 2.42. The van der Waals surface area contributed by atoms with Crippen molar-refractivity contribution in [2.24, 2.45) is 5.73 Å². The number of rotatable bonds is 4. The SMILES string of the molecule is CCOc1ccc(C(N)c2cccc(Cl)c2C)c(Br)c1. The van der Waals surface area contributed by atoms with E-state index in [0.29, 0.717) is 6.61 Å². The van der Waals surface area contributed by atoms with Crippen LogP contribution in [-0.2, 0) is 0 Å². The highest BCUT2D eigenvalue weighted by atomic mass is 79.9. The van der Waals surface area contributed by atoms with E-state index in [4.69, 9.17) is 22.1 Å². The van der Waals surface area contributed by atoms with Crippen LogP contribution in [0, 0.1) is 6.92 Å². The molecule has 0 amide bonds.